The average molecular weight is 410 g/mol. The van der Waals surface area contributed by atoms with Crippen LogP contribution in [0.4, 0.5) is 0 Å². The van der Waals surface area contributed by atoms with Gasteiger partial charge in [0.2, 0.25) is 0 Å². The molecule has 0 aromatic rings. The predicted molar refractivity (Wildman–Crippen MR) is 130 cm³/mol. The summed E-state index contributed by atoms with van der Waals surface area (Å²) in [6.07, 6.45) is 31.5. The van der Waals surface area contributed by atoms with Gasteiger partial charge in [-0.15, -0.1) is 0 Å². The molecule has 0 aromatic carbocycles. The zero-order valence-electron chi connectivity index (χ0n) is 20.4. The lowest BCUT2D eigenvalue weighted by molar-refractivity contribution is -0.888. The highest BCUT2D eigenvalue weighted by atomic mass is 16.5. The predicted octanol–water partition coefficient (Wildman–Crippen LogP) is 9.31. The lowest BCUT2D eigenvalue weighted by Gasteiger charge is -2.47. The Bertz CT molecular complexity index is 335. The van der Waals surface area contributed by atoms with Crippen molar-refractivity contribution in [2.45, 2.75) is 161 Å². The minimum Gasteiger partial charge on any atom is -0.633 e. The maximum atomic E-state index is 12.8. The van der Waals surface area contributed by atoms with Gasteiger partial charge in [-0.25, -0.2) is 0 Å². The van der Waals surface area contributed by atoms with E-state index in [9.17, 15) is 5.21 Å². The van der Waals surface area contributed by atoms with Crippen LogP contribution in [-0.2, 0) is 0 Å². The van der Waals surface area contributed by atoms with Crippen LogP contribution < -0.4 is 0 Å². The Hall–Kier alpha value is -0.0800. The summed E-state index contributed by atoms with van der Waals surface area (Å²) in [6, 6.07) is 0.398. The molecule has 0 radical (unpaired) electrons. The lowest BCUT2D eigenvalue weighted by atomic mass is 9.94. The van der Waals surface area contributed by atoms with E-state index in [0.29, 0.717) is 6.04 Å². The van der Waals surface area contributed by atoms with E-state index >= 15 is 0 Å². The molecule has 0 aromatic heterocycles. The fourth-order valence-corrected chi connectivity index (χ4v) is 5.14. The van der Waals surface area contributed by atoms with Crippen LogP contribution in [0, 0.1) is 5.21 Å². The summed E-state index contributed by atoms with van der Waals surface area (Å²) in [5.74, 6) is 0. The third-order valence-electron chi connectivity index (χ3n) is 7.30. The molecule has 1 aliphatic rings. The normalized spacial score (nSPS) is 17.5. The molecule has 0 heterocycles. The zero-order chi connectivity index (χ0) is 21.0. The standard InChI is InChI=1S/C27H55NO/c1-3-4-5-6-7-8-9-10-11-12-13-14-15-16-17-18-19-23-26-28(2,29)27-24-21-20-22-25-27/h27H,3-26H2,1-2H3. The summed E-state index contributed by atoms with van der Waals surface area (Å²) in [6.45, 7) is 3.15. The highest BCUT2D eigenvalue weighted by Crippen LogP contribution is 2.27. The average Bonchev–Trinajstić information content (AvgIpc) is 2.73. The van der Waals surface area contributed by atoms with Gasteiger partial charge in [0.15, 0.2) is 0 Å². The second-order valence-corrected chi connectivity index (χ2v) is 10.2. The largest absolute Gasteiger partial charge is 0.633 e. The minimum absolute atomic E-state index is 0.0405. The van der Waals surface area contributed by atoms with Crippen LogP contribution in [0.3, 0.4) is 0 Å². The Balaban J connectivity index is 1.76. The van der Waals surface area contributed by atoms with Crippen molar-refractivity contribution in [3.8, 4) is 0 Å². The van der Waals surface area contributed by atoms with Crippen LogP contribution in [0.15, 0.2) is 0 Å². The Labute approximate surface area is 184 Å². The van der Waals surface area contributed by atoms with Gasteiger partial charge in [-0.2, -0.15) is 0 Å². The summed E-state index contributed by atoms with van der Waals surface area (Å²) < 4.78 is 0.0405. The fourth-order valence-electron chi connectivity index (χ4n) is 5.14. The quantitative estimate of drug-likeness (QED) is 0.112. The van der Waals surface area contributed by atoms with E-state index in [1.807, 2.05) is 7.05 Å². The van der Waals surface area contributed by atoms with Gasteiger partial charge in [0.1, 0.15) is 0 Å². The molecule has 2 nitrogen and oxygen atoms in total. The van der Waals surface area contributed by atoms with Crippen molar-refractivity contribution in [3.63, 3.8) is 0 Å². The van der Waals surface area contributed by atoms with Gasteiger partial charge in [0.05, 0.1) is 19.6 Å². The molecule has 1 aliphatic carbocycles. The molecular weight excluding hydrogens is 354 g/mol. The van der Waals surface area contributed by atoms with E-state index in [1.165, 1.54) is 141 Å². The second-order valence-electron chi connectivity index (χ2n) is 10.2. The third-order valence-corrected chi connectivity index (χ3v) is 7.30. The van der Waals surface area contributed by atoms with Crippen LogP contribution >= 0.6 is 0 Å². The number of quaternary nitrogens is 1. The van der Waals surface area contributed by atoms with Crippen molar-refractivity contribution in [1.82, 2.24) is 0 Å². The topological polar surface area (TPSA) is 23.1 Å². The van der Waals surface area contributed by atoms with E-state index in [1.54, 1.807) is 0 Å². The molecule has 2 heteroatoms. The maximum absolute atomic E-state index is 12.8. The van der Waals surface area contributed by atoms with Gasteiger partial charge < -0.3 is 9.85 Å². The highest BCUT2D eigenvalue weighted by molar-refractivity contribution is 4.67. The first kappa shape index (κ1) is 27.0. The van der Waals surface area contributed by atoms with E-state index in [4.69, 9.17) is 0 Å². The van der Waals surface area contributed by atoms with Gasteiger partial charge >= 0.3 is 0 Å². The van der Waals surface area contributed by atoms with Gasteiger partial charge in [0, 0.05) is 0 Å². The molecule has 0 N–H and O–H groups in total. The molecule has 1 saturated carbocycles. The summed E-state index contributed by atoms with van der Waals surface area (Å²) in [5, 5.41) is 12.8. The van der Waals surface area contributed by atoms with Crippen LogP contribution in [0.5, 0.6) is 0 Å². The molecule has 1 fully saturated rings. The van der Waals surface area contributed by atoms with Gasteiger partial charge in [-0.3, -0.25) is 0 Å². The Morgan fingerprint density at radius 2 is 0.897 bits per heavy atom. The van der Waals surface area contributed by atoms with Crippen molar-refractivity contribution in [2.75, 3.05) is 13.6 Å². The Kier molecular flexibility index (Phi) is 17.4. The molecule has 0 aliphatic heterocycles. The molecule has 1 unspecified atom stereocenters. The second kappa shape index (κ2) is 18.7. The number of unbranched alkanes of at least 4 members (excludes halogenated alkanes) is 17. The summed E-state index contributed by atoms with van der Waals surface area (Å²) in [5.41, 5.74) is 0. The SMILES string of the molecule is CCCCCCCCCCCCCCCCCCCC[N+](C)([O-])C1CCCCC1. The third kappa shape index (κ3) is 15.4. The molecular formula is C27H55NO. The number of hydrogen-bond donors (Lipinski definition) is 0. The first-order valence-electron chi connectivity index (χ1n) is 13.7. The van der Waals surface area contributed by atoms with Crippen LogP contribution in [0.25, 0.3) is 0 Å². The first-order valence-corrected chi connectivity index (χ1v) is 13.7. The zero-order valence-corrected chi connectivity index (χ0v) is 20.4. The van der Waals surface area contributed by atoms with E-state index < -0.39 is 0 Å². The monoisotopic (exact) mass is 409 g/mol. The van der Waals surface area contributed by atoms with E-state index in [-0.39, 0.29) is 4.65 Å². The first-order chi connectivity index (χ1) is 14.2. The lowest BCUT2D eigenvalue weighted by Crippen LogP contribution is -2.48. The van der Waals surface area contributed by atoms with Crippen LogP contribution in [-0.4, -0.2) is 24.3 Å². The van der Waals surface area contributed by atoms with Crippen molar-refractivity contribution in [3.05, 3.63) is 5.21 Å². The number of rotatable bonds is 20. The summed E-state index contributed by atoms with van der Waals surface area (Å²) >= 11 is 0. The number of nitrogens with zero attached hydrogens (tertiary/aromatic N) is 1. The molecule has 0 bridgehead atoms. The maximum Gasteiger partial charge on any atom is 0.0885 e. The van der Waals surface area contributed by atoms with Crippen LogP contribution in [0.1, 0.15) is 155 Å². The molecule has 1 atom stereocenters. The molecule has 174 valence electrons. The van der Waals surface area contributed by atoms with E-state index in [2.05, 4.69) is 6.92 Å². The molecule has 0 spiro atoms. The molecule has 0 amide bonds. The van der Waals surface area contributed by atoms with Gasteiger partial charge in [0.25, 0.3) is 0 Å². The van der Waals surface area contributed by atoms with Gasteiger partial charge in [-0.1, -0.05) is 116 Å². The van der Waals surface area contributed by atoms with E-state index in [0.717, 1.165) is 13.0 Å². The summed E-state index contributed by atoms with van der Waals surface area (Å²) in [7, 11) is 1.93. The van der Waals surface area contributed by atoms with Crippen LogP contribution in [0.2, 0.25) is 0 Å². The van der Waals surface area contributed by atoms with Crippen molar-refractivity contribution < 1.29 is 4.65 Å². The smallest absolute Gasteiger partial charge is 0.0885 e. The van der Waals surface area contributed by atoms with Crippen molar-refractivity contribution in [1.29, 1.82) is 0 Å². The fraction of sp³-hybridized carbons (Fsp3) is 1.00. The Morgan fingerprint density at radius 3 is 1.28 bits per heavy atom. The minimum atomic E-state index is 0.0405. The molecule has 29 heavy (non-hydrogen) atoms. The summed E-state index contributed by atoms with van der Waals surface area (Å²) in [4.78, 5) is 0. The molecule has 0 saturated heterocycles. The van der Waals surface area contributed by atoms with Crippen molar-refractivity contribution >= 4 is 0 Å². The van der Waals surface area contributed by atoms with Gasteiger partial charge in [-0.05, 0) is 38.5 Å². The number of hydrogen-bond acceptors (Lipinski definition) is 1. The molecule has 1 rings (SSSR count). The number of hydroxylamine groups is 3. The highest BCUT2D eigenvalue weighted by Gasteiger charge is 2.25. The Morgan fingerprint density at radius 1 is 0.552 bits per heavy atom. The van der Waals surface area contributed by atoms with Crippen molar-refractivity contribution in [2.24, 2.45) is 0 Å².